The number of aromatic nitrogens is 3. The van der Waals surface area contributed by atoms with E-state index in [1.807, 2.05) is 24.3 Å². The zero-order valence-electron chi connectivity index (χ0n) is 13.7. The molecule has 0 aliphatic carbocycles. The van der Waals surface area contributed by atoms with Crippen molar-refractivity contribution in [3.63, 3.8) is 0 Å². The normalized spacial score (nSPS) is 10.9. The molecule has 0 saturated heterocycles. The lowest BCUT2D eigenvalue weighted by Crippen LogP contribution is -2.01. The molecule has 0 atom stereocenters. The van der Waals surface area contributed by atoms with Gasteiger partial charge in [0.05, 0.1) is 5.52 Å². The molecule has 0 bridgehead atoms. The first-order chi connectivity index (χ1) is 13.0. The summed E-state index contributed by atoms with van der Waals surface area (Å²) >= 11 is 9.25. The van der Waals surface area contributed by atoms with Crippen LogP contribution in [0.25, 0.3) is 22.0 Å². The van der Waals surface area contributed by atoms with E-state index in [9.17, 15) is 4.39 Å². The number of fused-ring (bicyclic) bond motifs is 1. The van der Waals surface area contributed by atoms with E-state index in [4.69, 9.17) is 17.3 Å². The Bertz CT molecular complexity index is 1170. The van der Waals surface area contributed by atoms with E-state index >= 15 is 0 Å². The fourth-order valence-corrected chi connectivity index (χ4v) is 3.31. The lowest BCUT2D eigenvalue weighted by molar-refractivity contribution is 0.625. The van der Waals surface area contributed by atoms with Crippen molar-refractivity contribution in [3.05, 3.63) is 70.2 Å². The monoisotopic (exact) mass is 443 g/mol. The minimum absolute atomic E-state index is 0.144. The van der Waals surface area contributed by atoms with Gasteiger partial charge in [-0.3, -0.25) is 0 Å². The predicted molar refractivity (Wildman–Crippen MR) is 110 cm³/mol. The number of anilines is 3. The Balaban J connectivity index is 1.87. The van der Waals surface area contributed by atoms with Crippen molar-refractivity contribution in [2.45, 2.75) is 0 Å². The molecule has 4 aromatic rings. The number of nitrogens with zero attached hydrogens (tertiary/aromatic N) is 3. The van der Waals surface area contributed by atoms with Gasteiger partial charge in [-0.2, -0.15) is 4.98 Å². The summed E-state index contributed by atoms with van der Waals surface area (Å²) in [6.45, 7) is 0. The van der Waals surface area contributed by atoms with Gasteiger partial charge < -0.3 is 11.1 Å². The molecule has 5 nitrogen and oxygen atoms in total. The number of hydrogen-bond donors (Lipinski definition) is 2. The fraction of sp³-hybridized carbons (Fsp3) is 0. The first kappa shape index (κ1) is 17.6. The standard InChI is InChI=1S/C19H12BrClFN5/c20-11-2-1-3-12(9-11)25-18-14-8-10(4-5-15(14)26-19(23)27-18)13-6-7-24-17(21)16(13)22/h1-9H,(H3,23,25,26,27). The Morgan fingerprint density at radius 3 is 2.74 bits per heavy atom. The van der Waals surface area contributed by atoms with Crippen LogP contribution >= 0.6 is 27.5 Å². The van der Waals surface area contributed by atoms with Crippen LogP contribution in [0.1, 0.15) is 0 Å². The van der Waals surface area contributed by atoms with Crippen molar-refractivity contribution in [2.75, 3.05) is 11.1 Å². The Hall–Kier alpha value is -2.77. The number of pyridine rings is 1. The fourth-order valence-electron chi connectivity index (χ4n) is 2.75. The lowest BCUT2D eigenvalue weighted by atomic mass is 10.0. The highest BCUT2D eigenvalue weighted by atomic mass is 79.9. The summed E-state index contributed by atoms with van der Waals surface area (Å²) in [6.07, 6.45) is 1.46. The van der Waals surface area contributed by atoms with Crippen LogP contribution < -0.4 is 11.1 Å². The first-order valence-corrected chi connectivity index (χ1v) is 9.08. The van der Waals surface area contributed by atoms with Crippen molar-refractivity contribution in [2.24, 2.45) is 0 Å². The highest BCUT2D eigenvalue weighted by Gasteiger charge is 2.13. The Morgan fingerprint density at radius 2 is 1.93 bits per heavy atom. The lowest BCUT2D eigenvalue weighted by Gasteiger charge is -2.12. The third-order valence-corrected chi connectivity index (χ3v) is 4.71. The van der Waals surface area contributed by atoms with Gasteiger partial charge in [0.1, 0.15) is 5.82 Å². The molecule has 0 amide bonds. The topological polar surface area (TPSA) is 76.7 Å². The van der Waals surface area contributed by atoms with E-state index in [1.165, 1.54) is 6.20 Å². The summed E-state index contributed by atoms with van der Waals surface area (Å²) in [5, 5.41) is 3.77. The number of nitrogens with one attached hydrogen (secondary N) is 1. The van der Waals surface area contributed by atoms with E-state index in [-0.39, 0.29) is 11.1 Å². The highest BCUT2D eigenvalue weighted by molar-refractivity contribution is 9.10. The van der Waals surface area contributed by atoms with Crippen molar-refractivity contribution < 1.29 is 4.39 Å². The SMILES string of the molecule is Nc1nc(Nc2cccc(Br)c2)c2cc(-c3ccnc(Cl)c3F)ccc2n1. The molecule has 2 aromatic heterocycles. The number of rotatable bonds is 3. The summed E-state index contributed by atoms with van der Waals surface area (Å²) in [6, 6.07) is 14.5. The van der Waals surface area contributed by atoms with Gasteiger partial charge in [-0.1, -0.05) is 39.7 Å². The third kappa shape index (κ3) is 3.56. The molecule has 0 aliphatic rings. The van der Waals surface area contributed by atoms with Crippen LogP contribution in [-0.2, 0) is 0 Å². The van der Waals surface area contributed by atoms with Crippen LogP contribution in [0.5, 0.6) is 0 Å². The van der Waals surface area contributed by atoms with Crippen molar-refractivity contribution in [1.82, 2.24) is 15.0 Å². The maximum Gasteiger partial charge on any atom is 0.222 e. The third-order valence-electron chi connectivity index (χ3n) is 3.96. The quantitative estimate of drug-likeness (QED) is 0.404. The zero-order chi connectivity index (χ0) is 19.0. The minimum atomic E-state index is -0.573. The molecule has 27 heavy (non-hydrogen) atoms. The molecule has 0 fully saturated rings. The molecule has 0 spiro atoms. The number of benzene rings is 2. The van der Waals surface area contributed by atoms with Gasteiger partial charge in [0.2, 0.25) is 5.95 Å². The maximum atomic E-state index is 14.4. The Morgan fingerprint density at radius 1 is 1.07 bits per heavy atom. The van der Waals surface area contributed by atoms with Gasteiger partial charge in [-0.15, -0.1) is 0 Å². The van der Waals surface area contributed by atoms with E-state index in [2.05, 4.69) is 36.2 Å². The summed E-state index contributed by atoms with van der Waals surface area (Å²) in [4.78, 5) is 12.3. The molecule has 3 N–H and O–H groups in total. The smallest absolute Gasteiger partial charge is 0.222 e. The first-order valence-electron chi connectivity index (χ1n) is 7.91. The van der Waals surface area contributed by atoms with Crippen molar-refractivity contribution in [1.29, 1.82) is 0 Å². The molecule has 0 saturated carbocycles. The molecule has 2 aromatic carbocycles. The molecule has 0 aliphatic heterocycles. The van der Waals surface area contributed by atoms with Crippen LogP contribution in [0.4, 0.5) is 21.8 Å². The number of nitrogen functional groups attached to an aromatic ring is 1. The van der Waals surface area contributed by atoms with Gasteiger partial charge in [-0.25, -0.2) is 14.4 Å². The molecule has 0 radical (unpaired) electrons. The Kier molecular flexibility index (Phi) is 4.63. The molecular weight excluding hydrogens is 433 g/mol. The number of hydrogen-bond acceptors (Lipinski definition) is 5. The summed E-state index contributed by atoms with van der Waals surface area (Å²) < 4.78 is 15.3. The van der Waals surface area contributed by atoms with Crippen LogP contribution in [0.15, 0.2) is 59.2 Å². The summed E-state index contributed by atoms with van der Waals surface area (Å²) in [7, 11) is 0. The zero-order valence-corrected chi connectivity index (χ0v) is 16.1. The molecule has 134 valence electrons. The van der Waals surface area contributed by atoms with Gasteiger partial charge in [0.25, 0.3) is 0 Å². The number of halogens is 3. The highest BCUT2D eigenvalue weighted by Crippen LogP contribution is 2.32. The Labute approximate surface area is 167 Å². The molecule has 2 heterocycles. The predicted octanol–water partition coefficient (Wildman–Crippen LogP) is 5.57. The van der Waals surface area contributed by atoms with Crippen molar-refractivity contribution >= 4 is 55.9 Å². The summed E-state index contributed by atoms with van der Waals surface area (Å²) in [5.74, 6) is 0.0975. The number of nitrogens with two attached hydrogens (primary N) is 1. The van der Waals surface area contributed by atoms with Crippen LogP contribution in [0.2, 0.25) is 5.15 Å². The van der Waals surface area contributed by atoms with Crippen LogP contribution in [-0.4, -0.2) is 15.0 Å². The second kappa shape index (κ2) is 7.09. The summed E-state index contributed by atoms with van der Waals surface area (Å²) in [5.41, 5.74) is 8.30. The van der Waals surface area contributed by atoms with Gasteiger partial charge in [-0.05, 0) is 42.0 Å². The second-order valence-corrected chi connectivity index (χ2v) is 7.03. The molecule has 8 heteroatoms. The minimum Gasteiger partial charge on any atom is -0.368 e. The van der Waals surface area contributed by atoms with Gasteiger partial charge in [0.15, 0.2) is 11.0 Å². The van der Waals surface area contributed by atoms with Gasteiger partial charge >= 0.3 is 0 Å². The average molecular weight is 445 g/mol. The van der Waals surface area contributed by atoms with Crippen LogP contribution in [0.3, 0.4) is 0 Å². The van der Waals surface area contributed by atoms with Gasteiger partial charge in [0, 0.05) is 27.3 Å². The second-order valence-electron chi connectivity index (χ2n) is 5.76. The van der Waals surface area contributed by atoms with E-state index < -0.39 is 5.82 Å². The molecule has 0 unspecified atom stereocenters. The molecule has 4 rings (SSSR count). The maximum absolute atomic E-state index is 14.4. The van der Waals surface area contributed by atoms with E-state index in [0.29, 0.717) is 27.8 Å². The largest absolute Gasteiger partial charge is 0.368 e. The van der Waals surface area contributed by atoms with Crippen molar-refractivity contribution in [3.8, 4) is 11.1 Å². The molecular formula is C19H12BrClFN5. The van der Waals surface area contributed by atoms with Crippen LogP contribution in [0, 0.1) is 5.82 Å². The average Bonchev–Trinajstić information content (AvgIpc) is 2.64. The van der Waals surface area contributed by atoms with E-state index in [0.717, 1.165) is 10.2 Å². The van der Waals surface area contributed by atoms with E-state index in [1.54, 1.807) is 24.3 Å².